The van der Waals surface area contributed by atoms with Crippen molar-refractivity contribution in [2.45, 2.75) is 31.9 Å². The van der Waals surface area contributed by atoms with E-state index in [0.29, 0.717) is 30.7 Å². The molecule has 1 aliphatic heterocycles. The molecule has 0 aliphatic carbocycles. The van der Waals surface area contributed by atoms with Crippen LogP contribution < -0.4 is 0 Å². The predicted molar refractivity (Wildman–Crippen MR) is 77.7 cm³/mol. The van der Waals surface area contributed by atoms with Crippen molar-refractivity contribution in [3.63, 3.8) is 0 Å². The van der Waals surface area contributed by atoms with Crippen LogP contribution >= 0.6 is 11.8 Å². The van der Waals surface area contributed by atoms with Gasteiger partial charge in [0.05, 0.1) is 12.9 Å². The summed E-state index contributed by atoms with van der Waals surface area (Å²) >= 11 is 1.84. The van der Waals surface area contributed by atoms with E-state index >= 15 is 0 Å². The fraction of sp³-hybridized carbons (Fsp3) is 0.917. The highest BCUT2D eigenvalue weighted by Crippen LogP contribution is 2.26. The molecule has 0 bridgehead atoms. The lowest BCUT2D eigenvalue weighted by Crippen LogP contribution is -2.44. The molecule has 5 nitrogen and oxygen atoms in total. The van der Waals surface area contributed by atoms with Crippen LogP contribution in [0.5, 0.6) is 0 Å². The Labute approximate surface area is 120 Å². The second-order valence-electron chi connectivity index (χ2n) is 5.01. The molecule has 19 heavy (non-hydrogen) atoms. The summed E-state index contributed by atoms with van der Waals surface area (Å²) in [7, 11) is -1.93. The van der Waals surface area contributed by atoms with E-state index in [1.807, 2.05) is 11.8 Å². The first-order valence-electron chi connectivity index (χ1n) is 6.53. The lowest BCUT2D eigenvalue weighted by Gasteiger charge is -2.33. The average molecular weight is 309 g/mol. The molecule has 0 radical (unpaired) electrons. The Morgan fingerprint density at radius 2 is 2.16 bits per heavy atom. The normalized spacial score (nSPS) is 21.6. The van der Waals surface area contributed by atoms with Crippen molar-refractivity contribution in [1.29, 1.82) is 0 Å². The fourth-order valence-electron chi connectivity index (χ4n) is 1.94. The summed E-state index contributed by atoms with van der Waals surface area (Å²) in [5.41, 5.74) is 0. The van der Waals surface area contributed by atoms with Gasteiger partial charge in [-0.1, -0.05) is 13.8 Å². The van der Waals surface area contributed by atoms with Crippen LogP contribution in [-0.2, 0) is 19.6 Å². The summed E-state index contributed by atoms with van der Waals surface area (Å²) in [6.45, 7) is 5.40. The van der Waals surface area contributed by atoms with Crippen molar-refractivity contribution in [2.75, 3.05) is 31.7 Å². The molecule has 1 saturated heterocycles. The third kappa shape index (κ3) is 5.31. The van der Waals surface area contributed by atoms with Crippen LogP contribution in [-0.4, -0.2) is 55.6 Å². The number of ether oxygens (including phenoxy) is 1. The lowest BCUT2D eigenvalue weighted by atomic mass is 10.1. The van der Waals surface area contributed by atoms with E-state index < -0.39 is 10.0 Å². The van der Waals surface area contributed by atoms with Gasteiger partial charge in [-0.15, -0.1) is 0 Å². The summed E-state index contributed by atoms with van der Waals surface area (Å²) < 4.78 is 30.5. The van der Waals surface area contributed by atoms with Gasteiger partial charge in [0.2, 0.25) is 10.0 Å². The Kier molecular flexibility index (Phi) is 6.62. The van der Waals surface area contributed by atoms with Crippen LogP contribution in [0, 0.1) is 5.92 Å². The maximum Gasteiger partial charge on any atom is 0.305 e. The third-order valence-corrected chi connectivity index (χ3v) is 6.67. The van der Waals surface area contributed by atoms with Gasteiger partial charge in [0.15, 0.2) is 0 Å². The van der Waals surface area contributed by atoms with Gasteiger partial charge in [0.25, 0.3) is 0 Å². The number of methoxy groups -OCH3 is 1. The van der Waals surface area contributed by atoms with Gasteiger partial charge < -0.3 is 4.74 Å². The van der Waals surface area contributed by atoms with E-state index in [2.05, 4.69) is 18.6 Å². The van der Waals surface area contributed by atoms with Crippen molar-refractivity contribution in [1.82, 2.24) is 4.31 Å². The summed E-state index contributed by atoms with van der Waals surface area (Å²) in [5, 5.41) is 0.365. The van der Waals surface area contributed by atoms with Gasteiger partial charge >= 0.3 is 5.97 Å². The van der Waals surface area contributed by atoms with Gasteiger partial charge in [0.1, 0.15) is 0 Å². The summed E-state index contributed by atoms with van der Waals surface area (Å²) in [5.74, 6) is 0.985. The fourth-order valence-corrected chi connectivity index (χ4v) is 4.97. The Bertz CT molecular complexity index is 395. The Hall–Kier alpha value is -0.270. The van der Waals surface area contributed by atoms with Gasteiger partial charge in [-0.05, 0) is 12.3 Å². The van der Waals surface area contributed by atoms with Crippen molar-refractivity contribution >= 4 is 27.8 Å². The molecule has 0 aromatic heterocycles. The van der Waals surface area contributed by atoms with Crippen LogP contribution in [0.4, 0.5) is 0 Å². The Morgan fingerprint density at radius 1 is 1.47 bits per heavy atom. The van der Waals surface area contributed by atoms with Gasteiger partial charge in [-0.3, -0.25) is 4.79 Å². The standard InChI is InChI=1S/C12H23NO4S2/c1-10(2)11-9-13(6-7-18-11)19(15,16)8-4-5-12(14)17-3/h10-11H,4-9H2,1-3H3. The number of thioether (sulfide) groups is 1. The highest BCUT2D eigenvalue weighted by atomic mass is 32.2. The minimum Gasteiger partial charge on any atom is -0.469 e. The summed E-state index contributed by atoms with van der Waals surface area (Å²) in [6.07, 6.45) is 0.483. The lowest BCUT2D eigenvalue weighted by molar-refractivity contribution is -0.140. The van der Waals surface area contributed by atoms with Crippen molar-refractivity contribution in [3.8, 4) is 0 Å². The quantitative estimate of drug-likeness (QED) is 0.693. The molecule has 0 aromatic carbocycles. The number of hydrogen-bond acceptors (Lipinski definition) is 5. The van der Waals surface area contributed by atoms with Crippen LogP contribution in [0.3, 0.4) is 0 Å². The largest absolute Gasteiger partial charge is 0.469 e. The summed E-state index contributed by atoms with van der Waals surface area (Å²) in [4.78, 5) is 11.0. The van der Waals surface area contributed by atoms with E-state index in [1.54, 1.807) is 4.31 Å². The maximum atomic E-state index is 12.2. The zero-order valence-electron chi connectivity index (χ0n) is 11.8. The van der Waals surface area contributed by atoms with E-state index in [-0.39, 0.29) is 18.1 Å². The first-order chi connectivity index (χ1) is 8.86. The van der Waals surface area contributed by atoms with Gasteiger partial charge in [0, 0.05) is 30.5 Å². The first kappa shape index (κ1) is 16.8. The summed E-state index contributed by atoms with van der Waals surface area (Å²) in [6, 6.07) is 0. The van der Waals surface area contributed by atoms with Gasteiger partial charge in [-0.25, -0.2) is 8.42 Å². The second-order valence-corrected chi connectivity index (χ2v) is 8.44. The number of esters is 1. The van der Waals surface area contributed by atoms with Crippen molar-refractivity contribution in [3.05, 3.63) is 0 Å². The zero-order valence-corrected chi connectivity index (χ0v) is 13.4. The minimum absolute atomic E-state index is 0.0254. The third-order valence-electron chi connectivity index (χ3n) is 3.20. The highest BCUT2D eigenvalue weighted by molar-refractivity contribution is 8.00. The Balaban J connectivity index is 2.50. The monoisotopic (exact) mass is 309 g/mol. The minimum atomic E-state index is -3.24. The predicted octanol–water partition coefficient (Wildman–Crippen LogP) is 1.34. The smallest absolute Gasteiger partial charge is 0.305 e. The van der Waals surface area contributed by atoms with Crippen molar-refractivity contribution < 1.29 is 17.9 Å². The first-order valence-corrected chi connectivity index (χ1v) is 9.19. The number of sulfonamides is 1. The molecule has 1 fully saturated rings. The number of hydrogen-bond donors (Lipinski definition) is 0. The van der Waals surface area contributed by atoms with Gasteiger partial charge in [-0.2, -0.15) is 16.1 Å². The van der Waals surface area contributed by atoms with E-state index in [1.165, 1.54) is 7.11 Å². The second kappa shape index (κ2) is 7.50. The number of carbonyl (C=O) groups is 1. The molecular weight excluding hydrogens is 286 g/mol. The number of rotatable bonds is 6. The Morgan fingerprint density at radius 3 is 2.74 bits per heavy atom. The molecule has 112 valence electrons. The molecule has 0 aromatic rings. The molecule has 1 aliphatic rings. The maximum absolute atomic E-state index is 12.2. The SMILES string of the molecule is COC(=O)CCCS(=O)(=O)N1CCSC(C(C)C)C1. The van der Waals surface area contributed by atoms with Crippen LogP contribution in [0.25, 0.3) is 0 Å². The molecule has 7 heteroatoms. The van der Waals surface area contributed by atoms with Crippen LogP contribution in [0.15, 0.2) is 0 Å². The molecule has 0 amide bonds. The van der Waals surface area contributed by atoms with E-state index in [4.69, 9.17) is 0 Å². The molecule has 1 heterocycles. The van der Waals surface area contributed by atoms with Crippen LogP contribution in [0.2, 0.25) is 0 Å². The average Bonchev–Trinajstić information content (AvgIpc) is 2.38. The molecule has 1 rings (SSSR count). The van der Waals surface area contributed by atoms with Crippen LogP contribution in [0.1, 0.15) is 26.7 Å². The van der Waals surface area contributed by atoms with E-state index in [9.17, 15) is 13.2 Å². The highest BCUT2D eigenvalue weighted by Gasteiger charge is 2.30. The molecule has 1 atom stereocenters. The molecular formula is C12H23NO4S2. The molecule has 0 N–H and O–H groups in total. The number of carbonyl (C=O) groups excluding carboxylic acids is 1. The van der Waals surface area contributed by atoms with Crippen molar-refractivity contribution in [2.24, 2.45) is 5.92 Å². The zero-order chi connectivity index (χ0) is 14.5. The number of nitrogens with zero attached hydrogens (tertiary/aromatic N) is 1. The molecule has 0 spiro atoms. The molecule has 1 unspecified atom stereocenters. The van der Waals surface area contributed by atoms with E-state index in [0.717, 1.165) is 5.75 Å². The molecule has 0 saturated carbocycles. The topological polar surface area (TPSA) is 63.7 Å².